The molecule has 0 aromatic heterocycles. The van der Waals surface area contributed by atoms with E-state index in [-0.39, 0.29) is 0 Å². The SMILES string of the molecule is CCCCC(C)[P-]C. The Morgan fingerprint density at radius 1 is 1.50 bits per heavy atom. The molecule has 0 radical (unpaired) electrons. The van der Waals surface area contributed by atoms with Gasteiger partial charge in [-0.15, -0.1) is 0 Å². The zero-order chi connectivity index (χ0) is 6.41. The van der Waals surface area contributed by atoms with E-state index in [1.54, 1.807) is 8.58 Å². The molecule has 0 rings (SSSR count). The Morgan fingerprint density at radius 2 is 2.12 bits per heavy atom. The summed E-state index contributed by atoms with van der Waals surface area (Å²) in [6.45, 7) is 6.80. The first kappa shape index (κ1) is 8.43. The van der Waals surface area contributed by atoms with Gasteiger partial charge in [0.15, 0.2) is 0 Å². The second-order valence-corrected chi connectivity index (χ2v) is 3.65. The van der Waals surface area contributed by atoms with Crippen molar-refractivity contribution < 1.29 is 0 Å². The topological polar surface area (TPSA) is 0 Å². The Kier molecular flexibility index (Phi) is 5.86. The van der Waals surface area contributed by atoms with Crippen molar-refractivity contribution >= 4 is 8.58 Å². The Labute approximate surface area is 54.8 Å². The van der Waals surface area contributed by atoms with Gasteiger partial charge in [0.25, 0.3) is 0 Å². The summed E-state index contributed by atoms with van der Waals surface area (Å²) in [5.74, 6) is 0. The third kappa shape index (κ3) is 4.59. The molecule has 0 heterocycles. The highest BCUT2D eigenvalue weighted by atomic mass is 31.1. The molecule has 8 heavy (non-hydrogen) atoms. The molecule has 0 saturated heterocycles. The van der Waals surface area contributed by atoms with Crippen molar-refractivity contribution in [2.45, 2.75) is 38.8 Å². The van der Waals surface area contributed by atoms with Gasteiger partial charge in [-0.05, 0) is 0 Å². The van der Waals surface area contributed by atoms with Crippen molar-refractivity contribution in [2.24, 2.45) is 0 Å². The van der Waals surface area contributed by atoms with E-state index in [4.69, 9.17) is 0 Å². The van der Waals surface area contributed by atoms with E-state index >= 15 is 0 Å². The van der Waals surface area contributed by atoms with Gasteiger partial charge in [0.1, 0.15) is 0 Å². The fourth-order valence-corrected chi connectivity index (χ4v) is 1.07. The van der Waals surface area contributed by atoms with E-state index in [0.29, 0.717) is 0 Å². The Bertz CT molecular complexity index is 43.7. The maximum Gasteiger partial charge on any atom is -0.0556 e. The fourth-order valence-electron chi connectivity index (χ4n) is 0.629. The summed E-state index contributed by atoms with van der Waals surface area (Å²) in [5, 5.41) is 0. The standard InChI is InChI=1S/C7H16P/c1-4-5-6-7(2)8-3/h7H,4-6H2,1-3H3/q-1. The lowest BCUT2D eigenvalue weighted by atomic mass is 10.2. The van der Waals surface area contributed by atoms with Crippen LogP contribution in [-0.4, -0.2) is 12.3 Å². The van der Waals surface area contributed by atoms with Gasteiger partial charge >= 0.3 is 0 Å². The number of hydrogen-bond donors (Lipinski definition) is 0. The Hall–Kier alpha value is 0.430. The third-order valence-electron chi connectivity index (χ3n) is 1.42. The normalized spacial score (nSPS) is 15.4. The van der Waals surface area contributed by atoms with Crippen molar-refractivity contribution in [3.8, 4) is 0 Å². The third-order valence-corrected chi connectivity index (χ3v) is 2.56. The summed E-state index contributed by atoms with van der Waals surface area (Å²) in [7, 11) is 1.55. The maximum absolute atomic E-state index is 2.32. The summed E-state index contributed by atoms with van der Waals surface area (Å²) >= 11 is 0. The van der Waals surface area contributed by atoms with Gasteiger partial charge in [0.05, 0.1) is 0 Å². The molecule has 0 saturated carbocycles. The molecule has 0 N–H and O–H groups in total. The number of rotatable bonds is 4. The highest BCUT2D eigenvalue weighted by Gasteiger charge is 1.84. The first-order valence-corrected chi connectivity index (χ1v) is 4.81. The van der Waals surface area contributed by atoms with Crippen LogP contribution >= 0.6 is 8.58 Å². The monoisotopic (exact) mass is 131 g/mol. The van der Waals surface area contributed by atoms with Crippen molar-refractivity contribution in [3.05, 3.63) is 0 Å². The first-order valence-electron chi connectivity index (χ1n) is 3.40. The van der Waals surface area contributed by atoms with Crippen LogP contribution in [0.15, 0.2) is 0 Å². The van der Waals surface area contributed by atoms with Crippen molar-refractivity contribution in [1.82, 2.24) is 0 Å². The molecular weight excluding hydrogens is 115 g/mol. The highest BCUT2D eigenvalue weighted by Crippen LogP contribution is 2.18. The van der Waals surface area contributed by atoms with Gasteiger partial charge in [0.2, 0.25) is 0 Å². The molecular formula is C7H16P-. The van der Waals surface area contributed by atoms with Gasteiger partial charge in [-0.1, -0.05) is 33.1 Å². The van der Waals surface area contributed by atoms with E-state index in [9.17, 15) is 0 Å². The van der Waals surface area contributed by atoms with E-state index in [2.05, 4.69) is 20.5 Å². The van der Waals surface area contributed by atoms with Crippen LogP contribution in [0.4, 0.5) is 0 Å². The lowest BCUT2D eigenvalue weighted by Crippen LogP contribution is -1.90. The summed E-state index contributed by atoms with van der Waals surface area (Å²) in [6, 6.07) is 0. The molecule has 0 nitrogen and oxygen atoms in total. The van der Waals surface area contributed by atoms with Crippen LogP contribution in [0, 0.1) is 0 Å². The van der Waals surface area contributed by atoms with Crippen LogP contribution in [0.5, 0.6) is 0 Å². The van der Waals surface area contributed by atoms with Crippen molar-refractivity contribution in [1.29, 1.82) is 0 Å². The van der Waals surface area contributed by atoms with Crippen LogP contribution in [0.25, 0.3) is 0 Å². The number of unbranched alkanes of at least 4 members (excludes halogenated alkanes) is 1. The van der Waals surface area contributed by atoms with E-state index < -0.39 is 0 Å². The molecule has 0 aliphatic heterocycles. The van der Waals surface area contributed by atoms with Crippen LogP contribution in [0.2, 0.25) is 0 Å². The van der Waals surface area contributed by atoms with Gasteiger partial charge in [-0.2, -0.15) is 12.3 Å². The zero-order valence-corrected chi connectivity index (χ0v) is 7.04. The van der Waals surface area contributed by atoms with E-state index in [0.717, 1.165) is 5.66 Å². The average Bonchev–Trinajstić information content (AvgIpc) is 1.83. The minimum absolute atomic E-state index is 0.926. The Morgan fingerprint density at radius 3 is 2.50 bits per heavy atom. The van der Waals surface area contributed by atoms with Crippen LogP contribution < -0.4 is 0 Å². The van der Waals surface area contributed by atoms with Crippen LogP contribution in [0.3, 0.4) is 0 Å². The smallest absolute Gasteiger partial charge is 0.0556 e. The molecule has 0 aliphatic carbocycles. The summed E-state index contributed by atoms with van der Waals surface area (Å²) < 4.78 is 0. The van der Waals surface area contributed by atoms with Gasteiger partial charge < -0.3 is 8.58 Å². The molecule has 0 bridgehead atoms. The van der Waals surface area contributed by atoms with Crippen molar-refractivity contribution in [2.75, 3.05) is 6.66 Å². The average molecular weight is 131 g/mol. The largest absolute Gasteiger partial charge is 0.540 e. The molecule has 0 aromatic rings. The minimum atomic E-state index is 0.926. The van der Waals surface area contributed by atoms with Gasteiger partial charge in [-0.3, -0.25) is 0 Å². The lowest BCUT2D eigenvalue weighted by molar-refractivity contribution is 0.711. The molecule has 0 amide bonds. The molecule has 1 atom stereocenters. The van der Waals surface area contributed by atoms with E-state index in [1.807, 2.05) is 0 Å². The van der Waals surface area contributed by atoms with Crippen molar-refractivity contribution in [3.63, 3.8) is 0 Å². The molecule has 0 fully saturated rings. The maximum atomic E-state index is 2.32. The second kappa shape index (κ2) is 5.56. The molecule has 0 spiro atoms. The fraction of sp³-hybridized carbons (Fsp3) is 1.00. The summed E-state index contributed by atoms with van der Waals surface area (Å²) in [6.07, 6.45) is 4.16. The zero-order valence-electron chi connectivity index (χ0n) is 6.15. The minimum Gasteiger partial charge on any atom is -0.540 e. The molecule has 50 valence electrons. The predicted octanol–water partition coefficient (Wildman–Crippen LogP) is 3.14. The number of hydrogen-bond acceptors (Lipinski definition) is 0. The summed E-state index contributed by atoms with van der Waals surface area (Å²) in [5.41, 5.74) is 0.926. The molecule has 1 unspecified atom stereocenters. The quantitative estimate of drug-likeness (QED) is 0.514. The molecule has 1 heteroatoms. The van der Waals surface area contributed by atoms with Gasteiger partial charge in [0, 0.05) is 0 Å². The van der Waals surface area contributed by atoms with E-state index in [1.165, 1.54) is 19.3 Å². The van der Waals surface area contributed by atoms with Gasteiger partial charge in [-0.25, -0.2) is 0 Å². The predicted molar refractivity (Wildman–Crippen MR) is 41.8 cm³/mol. The van der Waals surface area contributed by atoms with Crippen LogP contribution in [-0.2, 0) is 0 Å². The molecule has 0 aromatic carbocycles. The lowest BCUT2D eigenvalue weighted by Gasteiger charge is -2.19. The second-order valence-electron chi connectivity index (χ2n) is 2.25. The Balaban J connectivity index is 2.86. The highest BCUT2D eigenvalue weighted by molar-refractivity contribution is 7.37. The van der Waals surface area contributed by atoms with Crippen LogP contribution in [0.1, 0.15) is 33.1 Å². The summed E-state index contributed by atoms with van der Waals surface area (Å²) in [4.78, 5) is 0. The molecule has 0 aliphatic rings. The first-order chi connectivity index (χ1) is 3.81.